The highest BCUT2D eigenvalue weighted by Crippen LogP contribution is 2.19. The summed E-state index contributed by atoms with van der Waals surface area (Å²) in [6.45, 7) is 8.95. The van der Waals surface area contributed by atoms with Crippen LogP contribution in [0, 0.1) is 5.92 Å². The van der Waals surface area contributed by atoms with E-state index in [4.69, 9.17) is 4.74 Å². The summed E-state index contributed by atoms with van der Waals surface area (Å²) < 4.78 is 5.69. The number of rotatable bonds is 6. The minimum absolute atomic E-state index is 0.833. The van der Waals surface area contributed by atoms with Crippen LogP contribution in [0.15, 0.2) is 24.3 Å². The molecule has 0 N–H and O–H groups in total. The molecule has 1 atom stereocenters. The van der Waals surface area contributed by atoms with Gasteiger partial charge in [0.05, 0.1) is 6.61 Å². The number of nitrogens with zero attached hydrogens (tertiary/aromatic N) is 1. The predicted molar refractivity (Wildman–Crippen MR) is 80.5 cm³/mol. The highest BCUT2D eigenvalue weighted by atomic mass is 16.5. The van der Waals surface area contributed by atoms with E-state index in [0.717, 1.165) is 31.2 Å². The van der Waals surface area contributed by atoms with Gasteiger partial charge in [0.2, 0.25) is 0 Å². The van der Waals surface area contributed by atoms with Crippen molar-refractivity contribution in [1.29, 1.82) is 0 Å². The van der Waals surface area contributed by atoms with Crippen LogP contribution in [0.25, 0.3) is 0 Å². The normalized spacial score (nSPS) is 20.4. The van der Waals surface area contributed by atoms with E-state index in [0.29, 0.717) is 0 Å². The lowest BCUT2D eigenvalue weighted by Gasteiger charge is -2.30. The molecule has 0 saturated carbocycles. The first-order valence-electron chi connectivity index (χ1n) is 7.72. The van der Waals surface area contributed by atoms with Gasteiger partial charge in [-0.1, -0.05) is 32.4 Å². The fourth-order valence-corrected chi connectivity index (χ4v) is 2.71. The van der Waals surface area contributed by atoms with E-state index >= 15 is 0 Å². The third-order valence-electron chi connectivity index (χ3n) is 3.84. The van der Waals surface area contributed by atoms with Gasteiger partial charge in [-0.15, -0.1) is 0 Å². The van der Waals surface area contributed by atoms with Crippen LogP contribution in [-0.2, 0) is 6.54 Å². The lowest BCUT2D eigenvalue weighted by Crippen LogP contribution is -2.33. The zero-order valence-corrected chi connectivity index (χ0v) is 12.4. The highest BCUT2D eigenvalue weighted by molar-refractivity contribution is 5.27. The molecular weight excluding hydrogens is 234 g/mol. The third-order valence-corrected chi connectivity index (χ3v) is 3.84. The molecule has 2 heteroatoms. The summed E-state index contributed by atoms with van der Waals surface area (Å²) in [4.78, 5) is 2.57. The quantitative estimate of drug-likeness (QED) is 0.715. The van der Waals surface area contributed by atoms with Gasteiger partial charge in [0.1, 0.15) is 5.75 Å². The summed E-state index contributed by atoms with van der Waals surface area (Å²) in [5.74, 6) is 1.86. The summed E-state index contributed by atoms with van der Waals surface area (Å²) in [6.07, 6.45) is 5.05. The van der Waals surface area contributed by atoms with E-state index in [-0.39, 0.29) is 0 Å². The summed E-state index contributed by atoms with van der Waals surface area (Å²) in [5.41, 5.74) is 1.40. The van der Waals surface area contributed by atoms with Crippen molar-refractivity contribution < 1.29 is 4.74 Å². The molecule has 19 heavy (non-hydrogen) atoms. The first kappa shape index (κ1) is 14.4. The zero-order valence-electron chi connectivity index (χ0n) is 12.4. The van der Waals surface area contributed by atoms with Crippen LogP contribution < -0.4 is 4.74 Å². The minimum Gasteiger partial charge on any atom is -0.494 e. The molecule has 2 nitrogen and oxygen atoms in total. The SMILES string of the molecule is CCCCOc1ccc(CN2CCC[C@H](C)C2)cc1. The lowest BCUT2D eigenvalue weighted by molar-refractivity contribution is 0.176. The number of ether oxygens (including phenoxy) is 1. The van der Waals surface area contributed by atoms with Gasteiger partial charge in [0.25, 0.3) is 0 Å². The third kappa shape index (κ3) is 4.87. The van der Waals surface area contributed by atoms with Crippen LogP contribution in [-0.4, -0.2) is 24.6 Å². The van der Waals surface area contributed by atoms with Gasteiger partial charge in [-0.2, -0.15) is 0 Å². The second-order valence-electron chi connectivity index (χ2n) is 5.83. The van der Waals surface area contributed by atoms with Gasteiger partial charge < -0.3 is 4.74 Å². The van der Waals surface area contributed by atoms with Crippen molar-refractivity contribution in [2.75, 3.05) is 19.7 Å². The highest BCUT2D eigenvalue weighted by Gasteiger charge is 2.15. The monoisotopic (exact) mass is 261 g/mol. The zero-order chi connectivity index (χ0) is 13.5. The van der Waals surface area contributed by atoms with E-state index in [2.05, 4.69) is 43.0 Å². The molecule has 1 aromatic carbocycles. The van der Waals surface area contributed by atoms with Crippen LogP contribution >= 0.6 is 0 Å². The number of hydrogen-bond acceptors (Lipinski definition) is 2. The van der Waals surface area contributed by atoms with Crippen molar-refractivity contribution in [3.63, 3.8) is 0 Å². The Morgan fingerprint density at radius 1 is 1.26 bits per heavy atom. The molecule has 106 valence electrons. The minimum atomic E-state index is 0.833. The van der Waals surface area contributed by atoms with Crippen molar-refractivity contribution in [2.24, 2.45) is 5.92 Å². The number of piperidine rings is 1. The molecule has 0 unspecified atom stereocenters. The van der Waals surface area contributed by atoms with Crippen molar-refractivity contribution in [1.82, 2.24) is 4.90 Å². The van der Waals surface area contributed by atoms with Crippen LogP contribution in [0.2, 0.25) is 0 Å². The Hall–Kier alpha value is -1.02. The van der Waals surface area contributed by atoms with Gasteiger partial charge in [-0.25, -0.2) is 0 Å². The Balaban J connectivity index is 1.81. The summed E-state index contributed by atoms with van der Waals surface area (Å²) >= 11 is 0. The van der Waals surface area contributed by atoms with E-state index < -0.39 is 0 Å². The van der Waals surface area contributed by atoms with Crippen LogP contribution in [0.3, 0.4) is 0 Å². The molecule has 0 bridgehead atoms. The first-order chi connectivity index (χ1) is 9.28. The van der Waals surface area contributed by atoms with Crippen molar-refractivity contribution in [3.05, 3.63) is 29.8 Å². The van der Waals surface area contributed by atoms with Gasteiger partial charge in [0, 0.05) is 13.1 Å². The molecule has 0 radical (unpaired) electrons. The Kier molecular flexibility index (Phi) is 5.71. The molecule has 0 amide bonds. The molecule has 0 aromatic heterocycles. The maximum atomic E-state index is 5.69. The smallest absolute Gasteiger partial charge is 0.119 e. The largest absolute Gasteiger partial charge is 0.494 e. The van der Waals surface area contributed by atoms with E-state index in [9.17, 15) is 0 Å². The predicted octanol–water partition coefficient (Wildman–Crippen LogP) is 4.10. The second-order valence-corrected chi connectivity index (χ2v) is 5.83. The molecule has 1 fully saturated rings. The Morgan fingerprint density at radius 3 is 2.74 bits per heavy atom. The Labute approximate surface area is 117 Å². The molecule has 1 aromatic rings. The topological polar surface area (TPSA) is 12.5 Å². The summed E-state index contributed by atoms with van der Waals surface area (Å²) in [6, 6.07) is 8.64. The van der Waals surface area contributed by atoms with Gasteiger partial charge >= 0.3 is 0 Å². The molecule has 0 aliphatic carbocycles. The van der Waals surface area contributed by atoms with Crippen molar-refractivity contribution >= 4 is 0 Å². The van der Waals surface area contributed by atoms with Crippen LogP contribution in [0.5, 0.6) is 5.75 Å². The van der Waals surface area contributed by atoms with E-state index in [1.54, 1.807) is 0 Å². The first-order valence-corrected chi connectivity index (χ1v) is 7.72. The maximum absolute atomic E-state index is 5.69. The molecule has 1 saturated heterocycles. The lowest BCUT2D eigenvalue weighted by atomic mass is 10.00. The van der Waals surface area contributed by atoms with E-state index in [1.165, 1.54) is 37.9 Å². The standard InChI is InChI=1S/C17H27NO/c1-3-4-12-19-17-9-7-16(8-10-17)14-18-11-5-6-15(2)13-18/h7-10,15H,3-6,11-14H2,1-2H3/t15-/m0/s1. The summed E-state index contributed by atoms with van der Waals surface area (Å²) in [5, 5.41) is 0. The molecule has 1 heterocycles. The van der Waals surface area contributed by atoms with E-state index in [1.807, 2.05) is 0 Å². The fraction of sp³-hybridized carbons (Fsp3) is 0.647. The van der Waals surface area contributed by atoms with Crippen LogP contribution in [0.4, 0.5) is 0 Å². The van der Waals surface area contributed by atoms with Gasteiger partial charge in [-0.3, -0.25) is 4.90 Å². The second kappa shape index (κ2) is 7.54. The molecule has 1 aliphatic rings. The number of unbranched alkanes of at least 4 members (excludes halogenated alkanes) is 1. The molecule has 0 spiro atoms. The van der Waals surface area contributed by atoms with Crippen molar-refractivity contribution in [3.8, 4) is 5.75 Å². The number of benzene rings is 1. The fourth-order valence-electron chi connectivity index (χ4n) is 2.71. The number of likely N-dealkylation sites (tertiary alicyclic amines) is 1. The van der Waals surface area contributed by atoms with Crippen LogP contribution in [0.1, 0.15) is 45.1 Å². The average Bonchev–Trinajstić information content (AvgIpc) is 2.41. The average molecular weight is 261 g/mol. The number of hydrogen-bond donors (Lipinski definition) is 0. The molecule has 1 aliphatic heterocycles. The molecular formula is C17H27NO. The van der Waals surface area contributed by atoms with Gasteiger partial charge in [0.15, 0.2) is 0 Å². The molecule has 2 rings (SSSR count). The van der Waals surface area contributed by atoms with Gasteiger partial charge in [-0.05, 0) is 49.4 Å². The Morgan fingerprint density at radius 2 is 2.05 bits per heavy atom. The Bertz CT molecular complexity index is 360. The maximum Gasteiger partial charge on any atom is 0.119 e. The summed E-state index contributed by atoms with van der Waals surface area (Å²) in [7, 11) is 0. The van der Waals surface area contributed by atoms with Crippen molar-refractivity contribution in [2.45, 2.75) is 46.1 Å².